The third-order valence-electron chi connectivity index (χ3n) is 3.51. The Bertz CT molecular complexity index is 484. The van der Waals surface area contributed by atoms with Crippen molar-refractivity contribution in [3.8, 4) is 11.5 Å². The summed E-state index contributed by atoms with van der Waals surface area (Å²) < 4.78 is 5.12. The smallest absolute Gasteiger partial charge is 0.160 e. The van der Waals surface area contributed by atoms with Gasteiger partial charge in [-0.1, -0.05) is 0 Å². The molecule has 0 amide bonds. The van der Waals surface area contributed by atoms with Gasteiger partial charge in [0.05, 0.1) is 7.11 Å². The number of phenols is 1. The van der Waals surface area contributed by atoms with Gasteiger partial charge < -0.3 is 15.2 Å². The summed E-state index contributed by atoms with van der Waals surface area (Å²) in [7, 11) is 1.54. The van der Waals surface area contributed by atoms with Crippen molar-refractivity contribution < 1.29 is 14.6 Å². The number of hydrogen-bond acceptors (Lipinski definition) is 4. The Morgan fingerprint density at radius 2 is 2.28 bits per heavy atom. The van der Waals surface area contributed by atoms with Crippen LogP contribution in [0.25, 0.3) is 0 Å². The number of benzene rings is 1. The van der Waals surface area contributed by atoms with Gasteiger partial charge in [0.25, 0.3) is 0 Å². The van der Waals surface area contributed by atoms with Gasteiger partial charge in [-0.15, -0.1) is 0 Å². The molecule has 2 rings (SSSR count). The molecule has 0 bridgehead atoms. The number of Topliss-reactive ketones (excluding diaryl/α,β-unsaturated/α-hetero) is 1. The minimum Gasteiger partial charge on any atom is -0.504 e. The van der Waals surface area contributed by atoms with E-state index in [0.717, 1.165) is 24.1 Å². The predicted octanol–water partition coefficient (Wildman–Crippen LogP) is 1.74. The molecule has 0 spiro atoms. The number of nitrogens with one attached hydrogen (secondary N) is 1. The van der Waals surface area contributed by atoms with Gasteiger partial charge in [0, 0.05) is 18.5 Å². The lowest BCUT2D eigenvalue weighted by Crippen LogP contribution is -2.46. The molecule has 1 unspecified atom stereocenters. The molecule has 0 aliphatic carbocycles. The molecule has 2 N–H and O–H groups in total. The molecule has 0 radical (unpaired) electrons. The number of ether oxygens (including phenoxy) is 1. The van der Waals surface area contributed by atoms with E-state index in [1.54, 1.807) is 13.0 Å². The first-order chi connectivity index (χ1) is 8.46. The van der Waals surface area contributed by atoms with Crippen molar-refractivity contribution in [3.63, 3.8) is 0 Å². The van der Waals surface area contributed by atoms with Crippen molar-refractivity contribution in [2.75, 3.05) is 13.7 Å². The zero-order valence-corrected chi connectivity index (χ0v) is 11.0. The second kappa shape index (κ2) is 4.61. The minimum absolute atomic E-state index is 0.120. The highest BCUT2D eigenvalue weighted by atomic mass is 16.5. The quantitative estimate of drug-likeness (QED) is 0.856. The molecular formula is C14H19NO3. The SMILES string of the molecule is COc1cc2c(cc1O)C(C)(CC(C)=O)NCC2. The van der Waals surface area contributed by atoms with E-state index in [0.29, 0.717) is 12.2 Å². The molecule has 1 atom stereocenters. The fourth-order valence-corrected chi connectivity index (χ4v) is 2.72. The summed E-state index contributed by atoms with van der Waals surface area (Å²) in [4.78, 5) is 11.4. The third-order valence-corrected chi connectivity index (χ3v) is 3.51. The first-order valence-corrected chi connectivity index (χ1v) is 6.11. The third kappa shape index (κ3) is 2.20. The summed E-state index contributed by atoms with van der Waals surface area (Å²) in [5, 5.41) is 13.3. The Balaban J connectivity index is 2.49. The topological polar surface area (TPSA) is 58.6 Å². The Hall–Kier alpha value is -1.55. The van der Waals surface area contributed by atoms with Gasteiger partial charge in [-0.3, -0.25) is 4.79 Å². The van der Waals surface area contributed by atoms with Gasteiger partial charge in [0.1, 0.15) is 5.78 Å². The van der Waals surface area contributed by atoms with E-state index in [2.05, 4.69) is 5.32 Å². The number of carbonyl (C=O) groups excluding carboxylic acids is 1. The van der Waals surface area contributed by atoms with Crippen molar-refractivity contribution in [2.24, 2.45) is 0 Å². The van der Waals surface area contributed by atoms with Crippen molar-refractivity contribution in [2.45, 2.75) is 32.2 Å². The predicted molar refractivity (Wildman–Crippen MR) is 69.0 cm³/mol. The number of ketones is 1. The first kappa shape index (κ1) is 12.9. The minimum atomic E-state index is -0.400. The van der Waals surface area contributed by atoms with Crippen LogP contribution in [0.4, 0.5) is 0 Å². The van der Waals surface area contributed by atoms with Crippen molar-refractivity contribution in [1.82, 2.24) is 5.32 Å². The van der Waals surface area contributed by atoms with Crippen LogP contribution in [0.5, 0.6) is 11.5 Å². The summed E-state index contributed by atoms with van der Waals surface area (Å²) in [6.45, 7) is 4.41. The van der Waals surface area contributed by atoms with Gasteiger partial charge in [-0.05, 0) is 43.5 Å². The van der Waals surface area contributed by atoms with Crippen molar-refractivity contribution >= 4 is 5.78 Å². The monoisotopic (exact) mass is 249 g/mol. The second-order valence-electron chi connectivity index (χ2n) is 5.07. The molecule has 4 heteroatoms. The van der Waals surface area contributed by atoms with E-state index in [1.165, 1.54) is 7.11 Å². The molecule has 18 heavy (non-hydrogen) atoms. The molecule has 0 aromatic heterocycles. The molecule has 1 aromatic carbocycles. The van der Waals surface area contributed by atoms with E-state index in [9.17, 15) is 9.90 Å². The van der Waals surface area contributed by atoms with E-state index >= 15 is 0 Å². The molecule has 0 fully saturated rings. The van der Waals surface area contributed by atoms with Gasteiger partial charge in [0.15, 0.2) is 11.5 Å². The number of phenolic OH excluding ortho intramolecular Hbond substituents is 1. The molecular weight excluding hydrogens is 230 g/mol. The molecule has 0 saturated carbocycles. The average Bonchev–Trinajstić information content (AvgIpc) is 2.28. The molecule has 0 saturated heterocycles. The Labute approximate surface area is 107 Å². The number of aromatic hydroxyl groups is 1. The van der Waals surface area contributed by atoms with E-state index < -0.39 is 5.54 Å². The summed E-state index contributed by atoms with van der Waals surface area (Å²) in [5.41, 5.74) is 1.72. The number of methoxy groups -OCH3 is 1. The fourth-order valence-electron chi connectivity index (χ4n) is 2.72. The Morgan fingerprint density at radius 3 is 2.89 bits per heavy atom. The highest BCUT2D eigenvalue weighted by Crippen LogP contribution is 2.38. The van der Waals surface area contributed by atoms with Crippen LogP contribution in [0.15, 0.2) is 12.1 Å². The molecule has 4 nitrogen and oxygen atoms in total. The highest BCUT2D eigenvalue weighted by molar-refractivity contribution is 5.77. The lowest BCUT2D eigenvalue weighted by molar-refractivity contribution is -0.118. The molecule has 1 aliphatic heterocycles. The number of fused-ring (bicyclic) bond motifs is 1. The number of rotatable bonds is 3. The molecule has 98 valence electrons. The average molecular weight is 249 g/mol. The van der Waals surface area contributed by atoms with Crippen molar-refractivity contribution in [3.05, 3.63) is 23.3 Å². The summed E-state index contributed by atoms with van der Waals surface area (Å²) in [5.74, 6) is 0.740. The molecule has 1 aliphatic rings. The van der Waals surface area contributed by atoms with Crippen LogP contribution >= 0.6 is 0 Å². The van der Waals surface area contributed by atoms with E-state index in [-0.39, 0.29) is 11.5 Å². The normalized spacial score (nSPS) is 22.4. The number of hydrogen-bond donors (Lipinski definition) is 2. The lowest BCUT2D eigenvalue weighted by atomic mass is 9.80. The Kier molecular flexibility index (Phi) is 3.30. The molecule has 1 aromatic rings. The maximum atomic E-state index is 11.4. The second-order valence-corrected chi connectivity index (χ2v) is 5.07. The van der Waals surface area contributed by atoms with E-state index in [4.69, 9.17) is 4.74 Å². The van der Waals surface area contributed by atoms with Crippen LogP contribution in [0.2, 0.25) is 0 Å². The number of carbonyl (C=O) groups is 1. The largest absolute Gasteiger partial charge is 0.504 e. The first-order valence-electron chi connectivity index (χ1n) is 6.11. The van der Waals surface area contributed by atoms with Crippen LogP contribution in [-0.4, -0.2) is 24.5 Å². The van der Waals surface area contributed by atoms with Crippen LogP contribution in [-0.2, 0) is 16.8 Å². The van der Waals surface area contributed by atoms with Gasteiger partial charge in [0.2, 0.25) is 0 Å². The molecule has 1 heterocycles. The van der Waals surface area contributed by atoms with E-state index in [1.807, 2.05) is 13.0 Å². The van der Waals surface area contributed by atoms with Gasteiger partial charge in [-0.25, -0.2) is 0 Å². The highest BCUT2D eigenvalue weighted by Gasteiger charge is 2.33. The maximum absolute atomic E-state index is 11.4. The van der Waals surface area contributed by atoms with Crippen LogP contribution in [0.3, 0.4) is 0 Å². The van der Waals surface area contributed by atoms with Crippen LogP contribution in [0, 0.1) is 0 Å². The summed E-state index contributed by atoms with van der Waals surface area (Å²) in [6.07, 6.45) is 1.30. The standard InChI is InChI=1S/C14H19NO3/c1-9(16)8-14(2)11-7-12(17)13(18-3)6-10(11)4-5-15-14/h6-7,15,17H,4-5,8H2,1-3H3. The van der Waals surface area contributed by atoms with Crippen molar-refractivity contribution in [1.29, 1.82) is 0 Å². The Morgan fingerprint density at radius 1 is 1.56 bits per heavy atom. The zero-order valence-electron chi connectivity index (χ0n) is 11.0. The zero-order chi connectivity index (χ0) is 13.3. The maximum Gasteiger partial charge on any atom is 0.160 e. The fraction of sp³-hybridized carbons (Fsp3) is 0.500. The lowest BCUT2D eigenvalue weighted by Gasteiger charge is -2.37. The van der Waals surface area contributed by atoms with Crippen LogP contribution in [0.1, 0.15) is 31.4 Å². The van der Waals surface area contributed by atoms with Gasteiger partial charge in [-0.2, -0.15) is 0 Å². The summed E-state index contributed by atoms with van der Waals surface area (Å²) in [6, 6.07) is 3.58. The summed E-state index contributed by atoms with van der Waals surface area (Å²) >= 11 is 0. The van der Waals surface area contributed by atoms with Crippen LogP contribution < -0.4 is 10.1 Å². The van der Waals surface area contributed by atoms with Gasteiger partial charge >= 0.3 is 0 Å².